The molecule has 0 rings (SSSR count). The van der Waals surface area contributed by atoms with Gasteiger partial charge in [0.1, 0.15) is 6.10 Å². The van der Waals surface area contributed by atoms with Crippen molar-refractivity contribution < 1.29 is 24.5 Å². The smallest absolute Gasteiger partial charge is 0.306 e. The number of allylic oxidation sites excluding steroid dienone is 10. The third-order valence-corrected chi connectivity index (χ3v) is 10.5. The highest BCUT2D eigenvalue weighted by atomic mass is 16.5. The number of hydrogen-bond acceptors (Lipinski definition) is 5. The minimum absolute atomic E-state index is 0.0667. The number of carbonyl (C=O) groups excluding carboxylic acids is 2. The van der Waals surface area contributed by atoms with Crippen molar-refractivity contribution in [3.05, 3.63) is 60.8 Å². The van der Waals surface area contributed by atoms with Gasteiger partial charge in [-0.15, -0.1) is 0 Å². The van der Waals surface area contributed by atoms with Crippen LogP contribution in [0.1, 0.15) is 220 Å². The lowest BCUT2D eigenvalue weighted by atomic mass is 10.0. The van der Waals surface area contributed by atoms with Gasteiger partial charge in [-0.2, -0.15) is 0 Å². The lowest BCUT2D eigenvalue weighted by Crippen LogP contribution is -2.46. The topological polar surface area (TPSA) is 95.9 Å². The van der Waals surface area contributed by atoms with E-state index in [1.54, 1.807) is 0 Å². The first-order valence-corrected chi connectivity index (χ1v) is 23.6. The van der Waals surface area contributed by atoms with Gasteiger partial charge in [0.2, 0.25) is 5.91 Å². The van der Waals surface area contributed by atoms with Crippen molar-refractivity contribution in [2.24, 2.45) is 0 Å². The molecule has 324 valence electrons. The number of esters is 1. The Hall–Kier alpha value is -2.44. The van der Waals surface area contributed by atoms with Crippen molar-refractivity contribution in [3.63, 3.8) is 0 Å². The van der Waals surface area contributed by atoms with Crippen LogP contribution in [-0.2, 0) is 14.3 Å². The molecular formula is C50H89NO5. The summed E-state index contributed by atoms with van der Waals surface area (Å²) in [5.74, 6) is -0.504. The SMILES string of the molecule is CCC/C=C/C=C/C=C/C=C/C=C/CCCCCCCC(=O)OC(CCCCCCCCCCCC)CC(=O)NC(CO)C(O)CCCCCCCCCCC. The quantitative estimate of drug-likeness (QED) is 0.0326. The highest BCUT2D eigenvalue weighted by Gasteiger charge is 2.24. The largest absolute Gasteiger partial charge is 0.462 e. The molecule has 0 aromatic carbocycles. The Morgan fingerprint density at radius 2 is 0.946 bits per heavy atom. The zero-order chi connectivity index (χ0) is 41.0. The van der Waals surface area contributed by atoms with Crippen LogP contribution < -0.4 is 5.32 Å². The first-order chi connectivity index (χ1) is 27.5. The van der Waals surface area contributed by atoms with Gasteiger partial charge in [0.15, 0.2) is 0 Å². The maximum atomic E-state index is 13.1. The maximum Gasteiger partial charge on any atom is 0.306 e. The molecule has 0 spiro atoms. The molecule has 3 N–H and O–H groups in total. The molecule has 3 unspecified atom stereocenters. The standard InChI is InChI=1S/C50H89NO5/c1-4-7-10-13-16-19-21-22-23-24-25-26-27-28-31-34-37-40-43-50(55)56-46(41-38-35-32-30-20-17-14-11-8-5-2)44-49(54)51-47(45-52)48(53)42-39-36-33-29-18-15-12-9-6-3/h10,13,16,19,21-26,46-48,52-53H,4-9,11-12,14-15,17-18,20,27-45H2,1-3H3,(H,51,54)/b13-10+,19-16+,22-21+,24-23+,26-25+. The molecule has 0 aromatic rings. The van der Waals surface area contributed by atoms with Gasteiger partial charge in [-0.1, -0.05) is 223 Å². The molecule has 0 bridgehead atoms. The van der Waals surface area contributed by atoms with Gasteiger partial charge in [-0.05, 0) is 44.9 Å². The second kappa shape index (κ2) is 43.7. The summed E-state index contributed by atoms with van der Waals surface area (Å²) in [7, 11) is 0. The molecule has 6 heteroatoms. The molecule has 0 aromatic heterocycles. The van der Waals surface area contributed by atoms with Crippen LogP contribution in [0.2, 0.25) is 0 Å². The molecule has 0 saturated heterocycles. The molecule has 0 fully saturated rings. The highest BCUT2D eigenvalue weighted by Crippen LogP contribution is 2.17. The van der Waals surface area contributed by atoms with Crippen molar-refractivity contribution in [3.8, 4) is 0 Å². The fourth-order valence-electron chi connectivity index (χ4n) is 6.87. The van der Waals surface area contributed by atoms with E-state index < -0.39 is 18.2 Å². The number of rotatable bonds is 41. The molecule has 56 heavy (non-hydrogen) atoms. The molecule has 0 aliphatic rings. The molecular weight excluding hydrogens is 695 g/mol. The summed E-state index contributed by atoms with van der Waals surface area (Å²) in [5.41, 5.74) is 0. The molecule has 3 atom stereocenters. The minimum atomic E-state index is -0.789. The van der Waals surface area contributed by atoms with Crippen molar-refractivity contribution in [1.82, 2.24) is 5.32 Å². The molecule has 0 saturated carbocycles. The number of carbonyl (C=O) groups is 2. The van der Waals surface area contributed by atoms with E-state index in [0.29, 0.717) is 19.3 Å². The summed E-state index contributed by atoms with van der Waals surface area (Å²) in [6.07, 6.45) is 52.7. The molecule has 0 heterocycles. The number of hydrogen-bond donors (Lipinski definition) is 3. The lowest BCUT2D eigenvalue weighted by molar-refractivity contribution is -0.151. The fraction of sp³-hybridized carbons (Fsp3) is 0.760. The van der Waals surface area contributed by atoms with Gasteiger partial charge in [0.25, 0.3) is 0 Å². The number of amides is 1. The van der Waals surface area contributed by atoms with E-state index in [2.05, 4.69) is 62.5 Å². The average Bonchev–Trinajstić information content (AvgIpc) is 3.19. The third kappa shape index (κ3) is 38.4. The Kier molecular flexibility index (Phi) is 41.8. The predicted molar refractivity (Wildman–Crippen MR) is 241 cm³/mol. The summed E-state index contributed by atoms with van der Waals surface area (Å²) in [6.45, 7) is 6.35. The number of unbranched alkanes of at least 4 members (excludes halogenated alkanes) is 23. The van der Waals surface area contributed by atoms with Crippen LogP contribution in [-0.4, -0.2) is 46.9 Å². The van der Waals surface area contributed by atoms with E-state index in [0.717, 1.165) is 83.5 Å². The van der Waals surface area contributed by atoms with Gasteiger partial charge < -0.3 is 20.3 Å². The Morgan fingerprint density at radius 3 is 1.45 bits per heavy atom. The molecule has 1 amide bonds. The molecule has 6 nitrogen and oxygen atoms in total. The van der Waals surface area contributed by atoms with Gasteiger partial charge >= 0.3 is 5.97 Å². The number of nitrogens with one attached hydrogen (secondary N) is 1. The number of aliphatic hydroxyl groups is 2. The summed E-state index contributed by atoms with van der Waals surface area (Å²) < 4.78 is 5.89. The minimum Gasteiger partial charge on any atom is -0.462 e. The number of ether oxygens (including phenoxy) is 1. The van der Waals surface area contributed by atoms with Crippen LogP contribution in [0.4, 0.5) is 0 Å². The normalized spacial score (nSPS) is 13.9. The van der Waals surface area contributed by atoms with Gasteiger partial charge in [0, 0.05) is 6.42 Å². The Morgan fingerprint density at radius 1 is 0.518 bits per heavy atom. The van der Waals surface area contributed by atoms with E-state index in [1.165, 1.54) is 89.9 Å². The highest BCUT2D eigenvalue weighted by molar-refractivity contribution is 5.77. The van der Waals surface area contributed by atoms with E-state index in [-0.39, 0.29) is 24.9 Å². The molecule has 0 radical (unpaired) electrons. The predicted octanol–water partition coefficient (Wildman–Crippen LogP) is 13.7. The fourth-order valence-corrected chi connectivity index (χ4v) is 6.87. The second-order valence-corrected chi connectivity index (χ2v) is 15.9. The summed E-state index contributed by atoms with van der Waals surface area (Å²) >= 11 is 0. The zero-order valence-electron chi connectivity index (χ0n) is 36.8. The van der Waals surface area contributed by atoms with Crippen LogP contribution in [0, 0.1) is 0 Å². The van der Waals surface area contributed by atoms with Crippen LogP contribution >= 0.6 is 0 Å². The third-order valence-electron chi connectivity index (χ3n) is 10.5. The Balaban J connectivity index is 4.58. The first kappa shape index (κ1) is 53.6. The molecule has 0 aliphatic carbocycles. The lowest BCUT2D eigenvalue weighted by Gasteiger charge is -2.24. The van der Waals surface area contributed by atoms with E-state index in [1.807, 2.05) is 24.3 Å². The maximum absolute atomic E-state index is 13.1. The van der Waals surface area contributed by atoms with Gasteiger partial charge in [-0.3, -0.25) is 9.59 Å². The van der Waals surface area contributed by atoms with E-state index >= 15 is 0 Å². The van der Waals surface area contributed by atoms with Crippen LogP contribution in [0.25, 0.3) is 0 Å². The summed E-state index contributed by atoms with van der Waals surface area (Å²) in [5, 5.41) is 23.6. The second-order valence-electron chi connectivity index (χ2n) is 15.9. The van der Waals surface area contributed by atoms with Gasteiger partial charge in [0.05, 0.1) is 25.2 Å². The van der Waals surface area contributed by atoms with Crippen molar-refractivity contribution in [1.29, 1.82) is 0 Å². The van der Waals surface area contributed by atoms with E-state index in [4.69, 9.17) is 4.74 Å². The monoisotopic (exact) mass is 784 g/mol. The molecule has 0 aliphatic heterocycles. The average molecular weight is 784 g/mol. The van der Waals surface area contributed by atoms with Crippen LogP contribution in [0.3, 0.4) is 0 Å². The zero-order valence-corrected chi connectivity index (χ0v) is 36.8. The summed E-state index contributed by atoms with van der Waals surface area (Å²) in [4.78, 5) is 26.0. The van der Waals surface area contributed by atoms with Crippen molar-refractivity contribution >= 4 is 11.9 Å². The van der Waals surface area contributed by atoms with Crippen LogP contribution in [0.15, 0.2) is 60.8 Å². The van der Waals surface area contributed by atoms with Crippen LogP contribution in [0.5, 0.6) is 0 Å². The van der Waals surface area contributed by atoms with E-state index in [9.17, 15) is 19.8 Å². The summed E-state index contributed by atoms with van der Waals surface area (Å²) in [6, 6.07) is -0.704. The number of aliphatic hydroxyl groups excluding tert-OH is 2. The Bertz CT molecular complexity index is 1010. The first-order valence-electron chi connectivity index (χ1n) is 23.6. The van der Waals surface area contributed by atoms with Crippen molar-refractivity contribution in [2.75, 3.05) is 6.61 Å². The van der Waals surface area contributed by atoms with Crippen molar-refractivity contribution in [2.45, 2.75) is 238 Å². The Labute approximate surface area is 346 Å². The van der Waals surface area contributed by atoms with Gasteiger partial charge in [-0.25, -0.2) is 0 Å².